The zero-order chi connectivity index (χ0) is 34.6. The lowest BCUT2D eigenvalue weighted by Gasteiger charge is -2.58. The van der Waals surface area contributed by atoms with Crippen LogP contribution in [0.4, 0.5) is 0 Å². The molecule has 0 bridgehead atoms. The Balaban J connectivity index is 1.13. The first-order valence-electron chi connectivity index (χ1n) is 20.6. The highest BCUT2D eigenvalue weighted by Gasteiger charge is 2.59. The minimum atomic E-state index is -0.547. The van der Waals surface area contributed by atoms with Crippen LogP contribution in [-0.4, -0.2) is 63.9 Å². The van der Waals surface area contributed by atoms with Crippen LogP contribution in [0.3, 0.4) is 0 Å². The normalized spacial score (nSPS) is 32.7. The summed E-state index contributed by atoms with van der Waals surface area (Å²) in [5.74, 6) is 4.88. The van der Waals surface area contributed by atoms with Crippen molar-refractivity contribution in [2.45, 2.75) is 149 Å². The summed E-state index contributed by atoms with van der Waals surface area (Å²) >= 11 is 0. The molecule has 0 aromatic carbocycles. The molecule has 0 spiro atoms. The molecule has 4 aliphatic carbocycles. The summed E-state index contributed by atoms with van der Waals surface area (Å²) in [4.78, 5) is 13.0. The number of carbonyl (C=O) groups is 1. The van der Waals surface area contributed by atoms with Crippen molar-refractivity contribution < 1.29 is 9.53 Å². The van der Waals surface area contributed by atoms with E-state index in [-0.39, 0.29) is 17.5 Å². The summed E-state index contributed by atoms with van der Waals surface area (Å²) in [6.45, 7) is 19.2. The molecule has 3 fully saturated rings. The summed E-state index contributed by atoms with van der Waals surface area (Å²) in [7, 11) is 0. The molecule has 4 rings (SSSR count). The van der Waals surface area contributed by atoms with E-state index in [4.69, 9.17) is 16.2 Å². The fraction of sp³-hybridized carbons (Fsp3) is 0.927. The molecule has 0 radical (unpaired) electrons. The van der Waals surface area contributed by atoms with Crippen LogP contribution in [0.5, 0.6) is 0 Å². The van der Waals surface area contributed by atoms with Crippen molar-refractivity contribution in [3.05, 3.63) is 11.6 Å². The van der Waals surface area contributed by atoms with Gasteiger partial charge in [0, 0.05) is 6.42 Å². The van der Waals surface area contributed by atoms with Gasteiger partial charge in [0.05, 0.1) is 0 Å². The van der Waals surface area contributed by atoms with Crippen molar-refractivity contribution in [1.82, 2.24) is 16.0 Å². The number of carbonyl (C=O) groups excluding carboxylic acids is 1. The number of rotatable bonds is 22. The van der Waals surface area contributed by atoms with E-state index in [0.717, 1.165) is 126 Å². The molecule has 9 atom stereocenters. The van der Waals surface area contributed by atoms with E-state index < -0.39 is 6.04 Å². The standard InChI is InChI=1S/C41H77N5O2/c1-30(2)11-8-12-31(3)35-15-16-36-34-14-13-32-29-33(17-20-40(32,4)37(34)18-21-41(35,36)5)48-39(47)38(43)19-28-46-24-7-6-23-44-26-10-27-45-25-9-22-42/h13,30-31,33-38,44-46H,6-12,14-29,42-43H2,1-5H3/t31-,33?,34?,35-,36?,37?,38?,40+,41-/m1/s1. The SMILES string of the molecule is CC(C)CCC[C@@H](C)[C@H]1CCC2C3CC=C4CC(OC(=O)C(N)CCNCCCCNCCCNCCCN)CC[C@]4(C)C3CC[C@@]21C. The van der Waals surface area contributed by atoms with Crippen molar-refractivity contribution >= 4 is 5.97 Å². The lowest BCUT2D eigenvalue weighted by molar-refractivity contribution is -0.153. The van der Waals surface area contributed by atoms with Gasteiger partial charge in [-0.25, -0.2) is 0 Å². The van der Waals surface area contributed by atoms with Crippen LogP contribution >= 0.6 is 0 Å². The molecule has 7 N–H and O–H groups in total. The third-order valence-electron chi connectivity index (χ3n) is 13.7. The van der Waals surface area contributed by atoms with Gasteiger partial charge in [-0.15, -0.1) is 0 Å². The van der Waals surface area contributed by atoms with Gasteiger partial charge in [0.15, 0.2) is 0 Å². The molecule has 5 unspecified atom stereocenters. The fourth-order valence-corrected chi connectivity index (χ4v) is 10.8. The van der Waals surface area contributed by atoms with Gasteiger partial charge in [-0.3, -0.25) is 4.79 Å². The predicted octanol–water partition coefficient (Wildman–Crippen LogP) is 6.94. The van der Waals surface area contributed by atoms with Gasteiger partial charge >= 0.3 is 5.97 Å². The van der Waals surface area contributed by atoms with Crippen molar-refractivity contribution in [3.8, 4) is 0 Å². The predicted molar refractivity (Wildman–Crippen MR) is 202 cm³/mol. The summed E-state index contributed by atoms with van der Waals surface area (Å²) in [6, 6.07) is -0.547. The van der Waals surface area contributed by atoms with Crippen LogP contribution in [0.25, 0.3) is 0 Å². The second-order valence-electron chi connectivity index (χ2n) is 17.4. The molecular formula is C41H77N5O2. The molecule has 0 heterocycles. The van der Waals surface area contributed by atoms with E-state index in [0.29, 0.717) is 11.8 Å². The molecule has 0 aliphatic heterocycles. The van der Waals surface area contributed by atoms with Gasteiger partial charge in [-0.05, 0) is 169 Å². The molecule has 0 amide bonds. The first-order valence-corrected chi connectivity index (χ1v) is 20.6. The quantitative estimate of drug-likeness (QED) is 0.0481. The topological polar surface area (TPSA) is 114 Å². The van der Waals surface area contributed by atoms with E-state index in [1.807, 2.05) is 0 Å². The Kier molecular flexibility index (Phi) is 16.2. The number of allylic oxidation sites excluding steroid dienone is 1. The molecule has 0 aromatic rings. The van der Waals surface area contributed by atoms with Gasteiger partial charge < -0.3 is 32.2 Å². The minimum Gasteiger partial charge on any atom is -0.461 e. The largest absolute Gasteiger partial charge is 0.461 e. The van der Waals surface area contributed by atoms with Crippen molar-refractivity contribution in [1.29, 1.82) is 0 Å². The van der Waals surface area contributed by atoms with Gasteiger partial charge in [-0.2, -0.15) is 0 Å². The van der Waals surface area contributed by atoms with E-state index >= 15 is 0 Å². The second kappa shape index (κ2) is 19.6. The lowest BCUT2D eigenvalue weighted by atomic mass is 9.47. The second-order valence-corrected chi connectivity index (χ2v) is 17.4. The molecule has 7 nitrogen and oxygen atoms in total. The molecule has 278 valence electrons. The van der Waals surface area contributed by atoms with Crippen LogP contribution in [-0.2, 0) is 9.53 Å². The average Bonchev–Trinajstić information content (AvgIpc) is 3.42. The van der Waals surface area contributed by atoms with Crippen LogP contribution in [0.2, 0.25) is 0 Å². The molecule has 3 saturated carbocycles. The summed E-state index contributed by atoms with van der Waals surface area (Å²) < 4.78 is 6.07. The molecule has 7 heteroatoms. The summed E-state index contributed by atoms with van der Waals surface area (Å²) in [5, 5.41) is 10.4. The number of nitrogens with one attached hydrogen (secondary N) is 3. The van der Waals surface area contributed by atoms with Crippen molar-refractivity contribution in [2.24, 2.45) is 57.8 Å². The number of hydrogen-bond donors (Lipinski definition) is 5. The van der Waals surface area contributed by atoms with E-state index in [1.54, 1.807) is 5.57 Å². The number of fused-ring (bicyclic) bond motifs is 5. The molecule has 48 heavy (non-hydrogen) atoms. The van der Waals surface area contributed by atoms with Gasteiger partial charge in [0.2, 0.25) is 0 Å². The highest BCUT2D eigenvalue weighted by Crippen LogP contribution is 2.67. The van der Waals surface area contributed by atoms with Crippen molar-refractivity contribution in [2.75, 3.05) is 45.8 Å². The Morgan fingerprint density at radius 1 is 0.833 bits per heavy atom. The maximum absolute atomic E-state index is 13.0. The number of ether oxygens (including phenoxy) is 1. The smallest absolute Gasteiger partial charge is 0.323 e. The maximum atomic E-state index is 13.0. The van der Waals surface area contributed by atoms with Crippen molar-refractivity contribution in [3.63, 3.8) is 0 Å². The van der Waals surface area contributed by atoms with Gasteiger partial charge in [0.25, 0.3) is 0 Å². The third-order valence-corrected chi connectivity index (χ3v) is 13.7. The van der Waals surface area contributed by atoms with Crippen LogP contribution < -0.4 is 27.4 Å². The average molecular weight is 672 g/mol. The monoisotopic (exact) mass is 672 g/mol. The maximum Gasteiger partial charge on any atom is 0.323 e. The molecule has 0 saturated heterocycles. The number of unbranched alkanes of at least 4 members (excludes halogenated alkanes) is 1. The van der Waals surface area contributed by atoms with E-state index in [9.17, 15) is 4.79 Å². The van der Waals surface area contributed by atoms with Gasteiger partial charge in [0.1, 0.15) is 12.1 Å². The minimum absolute atomic E-state index is 0.0157. The Bertz CT molecular complexity index is 988. The van der Waals surface area contributed by atoms with Gasteiger partial charge in [-0.1, -0.05) is 65.5 Å². The summed E-state index contributed by atoms with van der Waals surface area (Å²) in [5.41, 5.74) is 14.2. The van der Waals surface area contributed by atoms with Crippen LogP contribution in [0, 0.1) is 46.3 Å². The van der Waals surface area contributed by atoms with E-state index in [2.05, 4.69) is 56.6 Å². The highest BCUT2D eigenvalue weighted by molar-refractivity contribution is 5.75. The Morgan fingerprint density at radius 3 is 2.23 bits per heavy atom. The summed E-state index contributed by atoms with van der Waals surface area (Å²) in [6.07, 6.45) is 21.8. The Hall–Kier alpha value is -0.990. The van der Waals surface area contributed by atoms with Crippen LogP contribution in [0.15, 0.2) is 11.6 Å². The van der Waals surface area contributed by atoms with Crippen LogP contribution in [0.1, 0.15) is 137 Å². The molecular weight excluding hydrogens is 594 g/mol. The first kappa shape index (κ1) is 39.8. The molecule has 0 aromatic heterocycles. The fourth-order valence-electron chi connectivity index (χ4n) is 10.8. The first-order chi connectivity index (χ1) is 23.1. The lowest BCUT2D eigenvalue weighted by Crippen LogP contribution is -2.51. The molecule has 4 aliphatic rings. The Morgan fingerprint density at radius 2 is 1.52 bits per heavy atom. The zero-order valence-electron chi connectivity index (χ0n) is 31.9. The number of esters is 1. The number of hydrogen-bond acceptors (Lipinski definition) is 7. The third kappa shape index (κ3) is 10.5. The zero-order valence-corrected chi connectivity index (χ0v) is 31.9. The highest BCUT2D eigenvalue weighted by atomic mass is 16.5. The number of nitrogens with two attached hydrogens (primary N) is 2. The Labute approximate surface area is 295 Å². The van der Waals surface area contributed by atoms with E-state index in [1.165, 1.54) is 51.4 Å².